The van der Waals surface area contributed by atoms with Crippen molar-refractivity contribution in [2.24, 2.45) is 0 Å². The average molecular weight is 373 g/mol. The number of thiol groups is 1. The Kier molecular flexibility index (Phi) is 4.83. The minimum absolute atomic E-state index is 0.0675. The van der Waals surface area contributed by atoms with Gasteiger partial charge in [0.2, 0.25) is 0 Å². The van der Waals surface area contributed by atoms with Crippen molar-refractivity contribution in [1.29, 1.82) is 0 Å². The molecule has 0 saturated heterocycles. The zero-order chi connectivity index (χ0) is 18.0. The lowest BCUT2D eigenvalue weighted by atomic mass is 10.0. The van der Waals surface area contributed by atoms with Crippen LogP contribution in [0, 0.1) is 12.7 Å². The smallest absolute Gasteiger partial charge is 0.261 e. The maximum atomic E-state index is 14.7. The third-order valence-electron chi connectivity index (χ3n) is 3.74. The zero-order valence-electron chi connectivity index (χ0n) is 13.4. The van der Waals surface area contributed by atoms with E-state index in [2.05, 4.69) is 17.4 Å². The van der Waals surface area contributed by atoms with Crippen LogP contribution in [0.5, 0.6) is 0 Å². The highest BCUT2D eigenvalue weighted by molar-refractivity contribution is 7.92. The fraction of sp³-hybridized carbons (Fsp3) is 0.0526. The van der Waals surface area contributed by atoms with Crippen molar-refractivity contribution in [3.8, 4) is 11.1 Å². The summed E-state index contributed by atoms with van der Waals surface area (Å²) < 4.78 is 41.7. The van der Waals surface area contributed by atoms with Gasteiger partial charge in [-0.25, -0.2) is 12.8 Å². The van der Waals surface area contributed by atoms with Crippen molar-refractivity contribution in [2.75, 3.05) is 4.72 Å². The lowest BCUT2D eigenvalue weighted by Gasteiger charge is -2.13. The molecule has 6 heteroatoms. The molecule has 0 saturated carbocycles. The van der Waals surface area contributed by atoms with E-state index in [1.54, 1.807) is 24.3 Å². The monoisotopic (exact) mass is 373 g/mol. The fourth-order valence-electron chi connectivity index (χ4n) is 2.49. The number of anilines is 1. The van der Waals surface area contributed by atoms with E-state index in [4.69, 9.17) is 0 Å². The Morgan fingerprint density at radius 2 is 1.68 bits per heavy atom. The molecule has 0 atom stereocenters. The predicted octanol–water partition coefficient (Wildman–Crippen LogP) is 4.89. The third-order valence-corrected chi connectivity index (χ3v) is 5.56. The van der Waals surface area contributed by atoms with Crippen molar-refractivity contribution in [3.05, 3.63) is 78.1 Å². The second-order valence-corrected chi connectivity index (χ2v) is 7.74. The second-order valence-electron chi connectivity index (χ2n) is 5.61. The van der Waals surface area contributed by atoms with E-state index in [-0.39, 0.29) is 15.5 Å². The maximum Gasteiger partial charge on any atom is 0.261 e. The van der Waals surface area contributed by atoms with Crippen LogP contribution < -0.4 is 4.72 Å². The number of hydrogen-bond donors (Lipinski definition) is 2. The quantitative estimate of drug-likeness (QED) is 0.640. The molecule has 0 unspecified atom stereocenters. The Hall–Kier alpha value is -2.31. The molecule has 0 spiro atoms. The van der Waals surface area contributed by atoms with Crippen LogP contribution in [0.15, 0.2) is 76.5 Å². The molecule has 25 heavy (non-hydrogen) atoms. The van der Waals surface area contributed by atoms with Gasteiger partial charge in [0.05, 0.1) is 10.6 Å². The summed E-state index contributed by atoms with van der Waals surface area (Å²) >= 11 is 4.25. The topological polar surface area (TPSA) is 46.2 Å². The van der Waals surface area contributed by atoms with Gasteiger partial charge in [0.25, 0.3) is 10.0 Å². The highest BCUT2D eigenvalue weighted by atomic mass is 32.2. The number of rotatable bonds is 4. The number of halogens is 1. The molecule has 0 aliphatic heterocycles. The molecule has 0 amide bonds. The van der Waals surface area contributed by atoms with Crippen molar-refractivity contribution >= 4 is 28.3 Å². The van der Waals surface area contributed by atoms with Gasteiger partial charge < -0.3 is 0 Å². The van der Waals surface area contributed by atoms with Crippen LogP contribution in [-0.4, -0.2) is 8.42 Å². The Bertz CT molecular complexity index is 1020. The Balaban J connectivity index is 1.99. The molecule has 3 aromatic rings. The van der Waals surface area contributed by atoms with Gasteiger partial charge in [0.1, 0.15) is 0 Å². The third kappa shape index (κ3) is 3.70. The molecule has 0 fully saturated rings. The maximum absolute atomic E-state index is 14.7. The second kappa shape index (κ2) is 6.90. The van der Waals surface area contributed by atoms with Crippen molar-refractivity contribution in [3.63, 3.8) is 0 Å². The highest BCUT2D eigenvalue weighted by Crippen LogP contribution is 2.33. The number of nitrogens with one attached hydrogen (secondary N) is 1. The van der Waals surface area contributed by atoms with Crippen molar-refractivity contribution in [2.45, 2.75) is 16.7 Å². The SMILES string of the molecule is Cc1cccc(-c2ccc(NS(=O)(=O)c3ccccc3)c(F)c2S)c1. The summed E-state index contributed by atoms with van der Waals surface area (Å²) in [6, 6.07) is 18.5. The summed E-state index contributed by atoms with van der Waals surface area (Å²) in [6.07, 6.45) is 0. The molecule has 3 rings (SSSR count). The molecule has 1 N–H and O–H groups in total. The van der Waals surface area contributed by atoms with Gasteiger partial charge in [-0.3, -0.25) is 4.72 Å². The van der Waals surface area contributed by atoms with E-state index in [1.165, 1.54) is 18.2 Å². The van der Waals surface area contributed by atoms with E-state index in [0.717, 1.165) is 11.1 Å². The van der Waals surface area contributed by atoms with Gasteiger partial charge in [-0.2, -0.15) is 0 Å². The summed E-state index contributed by atoms with van der Waals surface area (Å²) in [4.78, 5) is 0.164. The molecule has 0 aliphatic carbocycles. The van der Waals surface area contributed by atoms with Crippen LogP contribution in [0.1, 0.15) is 5.56 Å². The lowest BCUT2D eigenvalue weighted by Crippen LogP contribution is -2.14. The summed E-state index contributed by atoms with van der Waals surface area (Å²) in [6.45, 7) is 1.94. The molecule has 3 nitrogen and oxygen atoms in total. The van der Waals surface area contributed by atoms with Crippen LogP contribution in [0.3, 0.4) is 0 Å². The van der Waals surface area contributed by atoms with Gasteiger partial charge in [-0.15, -0.1) is 12.6 Å². The van der Waals surface area contributed by atoms with E-state index < -0.39 is 15.8 Å². The largest absolute Gasteiger partial charge is 0.277 e. The molecule has 0 heterocycles. The lowest BCUT2D eigenvalue weighted by molar-refractivity contribution is 0.594. The molecule has 3 aromatic carbocycles. The van der Waals surface area contributed by atoms with Crippen molar-refractivity contribution < 1.29 is 12.8 Å². The minimum Gasteiger partial charge on any atom is -0.277 e. The number of benzene rings is 3. The van der Waals surface area contributed by atoms with E-state index >= 15 is 0 Å². The first-order chi connectivity index (χ1) is 11.9. The van der Waals surface area contributed by atoms with E-state index in [1.807, 2.05) is 31.2 Å². The first kappa shape index (κ1) is 17.5. The zero-order valence-corrected chi connectivity index (χ0v) is 15.1. The Morgan fingerprint density at radius 1 is 0.960 bits per heavy atom. The highest BCUT2D eigenvalue weighted by Gasteiger charge is 2.18. The molecular weight excluding hydrogens is 357 g/mol. The van der Waals surface area contributed by atoms with Crippen LogP contribution in [-0.2, 0) is 10.0 Å². The van der Waals surface area contributed by atoms with E-state index in [0.29, 0.717) is 5.56 Å². The molecule has 0 bridgehead atoms. The molecule has 0 aromatic heterocycles. The van der Waals surface area contributed by atoms with Crippen molar-refractivity contribution in [1.82, 2.24) is 0 Å². The number of hydrogen-bond acceptors (Lipinski definition) is 3. The molecular formula is C19H16FNO2S2. The van der Waals surface area contributed by atoms with E-state index in [9.17, 15) is 12.8 Å². The first-order valence-electron chi connectivity index (χ1n) is 7.55. The number of sulfonamides is 1. The van der Waals surface area contributed by atoms with Gasteiger partial charge in [-0.1, -0.05) is 54.1 Å². The summed E-state index contributed by atoms with van der Waals surface area (Å²) in [5, 5.41) is 0. The first-order valence-corrected chi connectivity index (χ1v) is 9.48. The number of aryl methyl sites for hydroxylation is 1. The summed E-state index contributed by atoms with van der Waals surface area (Å²) in [5.74, 6) is -0.707. The van der Waals surface area contributed by atoms with Crippen LogP contribution >= 0.6 is 12.6 Å². The minimum atomic E-state index is -3.86. The van der Waals surface area contributed by atoms with Gasteiger partial charge >= 0.3 is 0 Å². The molecule has 128 valence electrons. The standard InChI is InChI=1S/C19H16FNO2S2/c1-13-6-5-7-14(12-13)16-10-11-17(18(20)19(16)24)21-25(22,23)15-8-3-2-4-9-15/h2-12,21,24H,1H3. The Morgan fingerprint density at radius 3 is 2.36 bits per heavy atom. The predicted molar refractivity (Wildman–Crippen MR) is 101 cm³/mol. The summed E-state index contributed by atoms with van der Waals surface area (Å²) in [7, 11) is -3.86. The summed E-state index contributed by atoms with van der Waals surface area (Å²) in [5.41, 5.74) is 2.33. The average Bonchev–Trinajstić information content (AvgIpc) is 2.60. The van der Waals surface area contributed by atoms with Gasteiger partial charge in [0, 0.05) is 4.90 Å². The Labute approximate surface area is 152 Å². The van der Waals surface area contributed by atoms with Crippen LogP contribution in [0.2, 0.25) is 0 Å². The molecule has 0 aliphatic rings. The molecule has 0 radical (unpaired) electrons. The van der Waals surface area contributed by atoms with Gasteiger partial charge in [0.15, 0.2) is 5.82 Å². The fourth-order valence-corrected chi connectivity index (χ4v) is 3.90. The van der Waals surface area contributed by atoms with Crippen LogP contribution in [0.25, 0.3) is 11.1 Å². The normalized spacial score (nSPS) is 11.3. The van der Waals surface area contributed by atoms with Crippen LogP contribution in [0.4, 0.5) is 10.1 Å². The van der Waals surface area contributed by atoms with Gasteiger partial charge in [-0.05, 0) is 36.2 Å².